The van der Waals surface area contributed by atoms with E-state index in [1.165, 1.54) is 18.4 Å². The Morgan fingerprint density at radius 3 is 2.43 bits per heavy atom. The van der Waals surface area contributed by atoms with E-state index in [1.54, 1.807) is 5.57 Å². The number of hydrogen-bond donors (Lipinski definition) is 0. The summed E-state index contributed by atoms with van der Waals surface area (Å²) in [5, 5.41) is 0. The van der Waals surface area contributed by atoms with Crippen molar-refractivity contribution in [2.75, 3.05) is 0 Å². The van der Waals surface area contributed by atoms with Gasteiger partial charge in [-0.2, -0.15) is 0 Å². The molecule has 0 radical (unpaired) electrons. The summed E-state index contributed by atoms with van der Waals surface area (Å²) in [5.74, 6) is 0.847. The summed E-state index contributed by atoms with van der Waals surface area (Å²) in [6.45, 7) is 3.87. The van der Waals surface area contributed by atoms with Gasteiger partial charge in [0.1, 0.15) is 0 Å². The van der Waals surface area contributed by atoms with Crippen LogP contribution in [0.5, 0.6) is 0 Å². The summed E-state index contributed by atoms with van der Waals surface area (Å²) in [4.78, 5) is 0. The normalized spacial score (nSPS) is 35.1. The predicted molar refractivity (Wildman–Crippen MR) is 29.9 cm³/mol. The van der Waals surface area contributed by atoms with Crippen LogP contribution in [0.25, 0.3) is 0 Å². The highest BCUT2D eigenvalue weighted by molar-refractivity contribution is 5.40. The highest BCUT2D eigenvalue weighted by Crippen LogP contribution is 2.48. The van der Waals surface area contributed by atoms with E-state index in [9.17, 15) is 0 Å². The van der Waals surface area contributed by atoms with Gasteiger partial charge in [0.25, 0.3) is 0 Å². The molecule has 0 bridgehead atoms. The molecule has 0 N–H and O–H groups in total. The molecule has 7 heavy (non-hydrogen) atoms. The highest BCUT2D eigenvalue weighted by atomic mass is 14.4. The van der Waals surface area contributed by atoms with Crippen LogP contribution in [0.4, 0.5) is 0 Å². The zero-order valence-electron chi connectivity index (χ0n) is 4.28. The molecule has 2 rings (SSSR count). The van der Waals surface area contributed by atoms with Crippen molar-refractivity contribution in [3.05, 3.63) is 23.8 Å². The first kappa shape index (κ1) is 3.48. The fourth-order valence-corrected chi connectivity index (χ4v) is 0.940. The summed E-state index contributed by atoms with van der Waals surface area (Å²) in [7, 11) is 0. The molecular weight excluding hydrogens is 84.1 g/mol. The predicted octanol–water partition coefficient (Wildman–Crippen LogP) is 1.89. The van der Waals surface area contributed by atoms with Crippen molar-refractivity contribution in [3.63, 3.8) is 0 Å². The SMILES string of the molecule is C=C1CC1C1=CC1. The Morgan fingerprint density at radius 1 is 1.71 bits per heavy atom. The molecule has 0 aromatic rings. The third-order valence-electron chi connectivity index (χ3n) is 1.69. The van der Waals surface area contributed by atoms with Gasteiger partial charge in [0.15, 0.2) is 0 Å². The minimum Gasteiger partial charge on any atom is -0.0992 e. The van der Waals surface area contributed by atoms with E-state index in [0.717, 1.165) is 5.92 Å². The van der Waals surface area contributed by atoms with Gasteiger partial charge in [-0.15, -0.1) is 0 Å². The molecule has 0 saturated heterocycles. The maximum Gasteiger partial charge on any atom is 0.00451 e. The molecule has 0 spiro atoms. The Kier molecular flexibility index (Phi) is 0.415. The summed E-state index contributed by atoms with van der Waals surface area (Å²) in [6, 6.07) is 0. The average molecular weight is 92.1 g/mol. The molecule has 0 nitrogen and oxygen atoms in total. The van der Waals surface area contributed by atoms with Gasteiger partial charge in [-0.3, -0.25) is 0 Å². The van der Waals surface area contributed by atoms with E-state index >= 15 is 0 Å². The molecule has 0 aromatic carbocycles. The Labute approximate surface area is 43.5 Å². The van der Waals surface area contributed by atoms with Crippen molar-refractivity contribution in [1.82, 2.24) is 0 Å². The summed E-state index contributed by atoms with van der Waals surface area (Å²) >= 11 is 0. The molecule has 0 aromatic heterocycles. The molecule has 2 aliphatic carbocycles. The van der Waals surface area contributed by atoms with E-state index in [2.05, 4.69) is 12.7 Å². The zero-order chi connectivity index (χ0) is 4.85. The average Bonchev–Trinajstić information content (AvgIpc) is 2.23. The largest absolute Gasteiger partial charge is 0.0992 e. The zero-order valence-corrected chi connectivity index (χ0v) is 4.28. The van der Waals surface area contributed by atoms with Gasteiger partial charge in [-0.1, -0.05) is 23.8 Å². The second-order valence-electron chi connectivity index (χ2n) is 2.40. The van der Waals surface area contributed by atoms with E-state index in [1.807, 2.05) is 0 Å². The number of hydrogen-bond acceptors (Lipinski definition) is 0. The minimum absolute atomic E-state index is 0.847. The Bertz CT molecular complexity index is 151. The molecule has 36 valence electrons. The maximum atomic E-state index is 3.87. The second-order valence-corrected chi connectivity index (χ2v) is 2.40. The molecule has 1 fully saturated rings. The highest BCUT2D eigenvalue weighted by Gasteiger charge is 2.34. The van der Waals surface area contributed by atoms with Crippen molar-refractivity contribution < 1.29 is 0 Å². The first-order valence-electron chi connectivity index (χ1n) is 2.74. The van der Waals surface area contributed by atoms with Crippen LogP contribution in [0, 0.1) is 5.92 Å². The topological polar surface area (TPSA) is 0 Å². The smallest absolute Gasteiger partial charge is 0.00451 e. The lowest BCUT2D eigenvalue weighted by Crippen LogP contribution is -1.61. The third-order valence-corrected chi connectivity index (χ3v) is 1.69. The van der Waals surface area contributed by atoms with E-state index in [-0.39, 0.29) is 0 Å². The quantitative estimate of drug-likeness (QED) is 0.433. The monoisotopic (exact) mass is 92.1 g/mol. The van der Waals surface area contributed by atoms with Gasteiger partial charge in [0.05, 0.1) is 0 Å². The van der Waals surface area contributed by atoms with E-state index < -0.39 is 0 Å². The summed E-state index contributed by atoms with van der Waals surface area (Å²) < 4.78 is 0. The van der Waals surface area contributed by atoms with Crippen molar-refractivity contribution in [1.29, 1.82) is 0 Å². The van der Waals surface area contributed by atoms with Crippen molar-refractivity contribution in [2.45, 2.75) is 12.8 Å². The van der Waals surface area contributed by atoms with E-state index in [0.29, 0.717) is 0 Å². The second kappa shape index (κ2) is 0.835. The molecule has 0 amide bonds. The van der Waals surface area contributed by atoms with Gasteiger partial charge in [0, 0.05) is 5.92 Å². The number of rotatable bonds is 1. The maximum absolute atomic E-state index is 3.87. The van der Waals surface area contributed by atoms with Crippen molar-refractivity contribution in [2.24, 2.45) is 5.92 Å². The fraction of sp³-hybridized carbons (Fsp3) is 0.429. The van der Waals surface area contributed by atoms with Gasteiger partial charge >= 0.3 is 0 Å². The van der Waals surface area contributed by atoms with Gasteiger partial charge < -0.3 is 0 Å². The van der Waals surface area contributed by atoms with Crippen molar-refractivity contribution in [3.8, 4) is 0 Å². The molecular formula is C7H8. The molecule has 1 unspecified atom stereocenters. The lowest BCUT2D eigenvalue weighted by atomic mass is 10.3. The fourth-order valence-electron chi connectivity index (χ4n) is 0.940. The lowest BCUT2D eigenvalue weighted by molar-refractivity contribution is 1.09. The standard InChI is InChI=1S/C7H8/c1-5-4-7(5)6-2-3-6/h2,7H,1,3-4H2. The molecule has 2 aliphatic rings. The lowest BCUT2D eigenvalue weighted by Gasteiger charge is -1.73. The van der Waals surface area contributed by atoms with Crippen LogP contribution in [-0.2, 0) is 0 Å². The Balaban J connectivity index is 2.12. The summed E-state index contributed by atoms with van der Waals surface area (Å²) in [5.41, 5.74) is 3.09. The van der Waals surface area contributed by atoms with Gasteiger partial charge in [-0.25, -0.2) is 0 Å². The minimum atomic E-state index is 0.847. The number of allylic oxidation sites excluding steroid dienone is 3. The first-order chi connectivity index (χ1) is 3.38. The molecule has 0 heterocycles. The summed E-state index contributed by atoms with van der Waals surface area (Å²) in [6.07, 6.45) is 4.86. The van der Waals surface area contributed by atoms with Crippen LogP contribution in [0.3, 0.4) is 0 Å². The van der Waals surface area contributed by atoms with Crippen LogP contribution in [0.2, 0.25) is 0 Å². The van der Waals surface area contributed by atoms with Crippen LogP contribution in [0.15, 0.2) is 23.8 Å². The first-order valence-corrected chi connectivity index (χ1v) is 2.74. The molecule has 0 heteroatoms. The molecule has 0 aliphatic heterocycles. The van der Waals surface area contributed by atoms with Crippen LogP contribution < -0.4 is 0 Å². The van der Waals surface area contributed by atoms with Gasteiger partial charge in [-0.05, 0) is 12.8 Å². The van der Waals surface area contributed by atoms with Gasteiger partial charge in [0.2, 0.25) is 0 Å². The Morgan fingerprint density at radius 2 is 2.29 bits per heavy atom. The molecule has 1 atom stereocenters. The van der Waals surface area contributed by atoms with Crippen LogP contribution >= 0.6 is 0 Å². The third kappa shape index (κ3) is 0.426. The van der Waals surface area contributed by atoms with E-state index in [4.69, 9.17) is 0 Å². The Hall–Kier alpha value is -0.520. The molecule has 1 saturated carbocycles. The van der Waals surface area contributed by atoms with Crippen molar-refractivity contribution >= 4 is 0 Å². The van der Waals surface area contributed by atoms with Crippen LogP contribution in [-0.4, -0.2) is 0 Å². The van der Waals surface area contributed by atoms with Crippen LogP contribution in [0.1, 0.15) is 12.8 Å².